The molecule has 206 valence electrons. The summed E-state index contributed by atoms with van der Waals surface area (Å²) in [5, 5.41) is 24.8. The van der Waals surface area contributed by atoms with E-state index in [0.29, 0.717) is 37.0 Å². The average molecular weight is 527 g/mol. The Kier molecular flexibility index (Phi) is 8.61. The van der Waals surface area contributed by atoms with Gasteiger partial charge in [-0.05, 0) is 51.5 Å². The molecule has 0 saturated carbocycles. The fourth-order valence-electron chi connectivity index (χ4n) is 4.69. The maximum atomic E-state index is 12.9. The number of aromatic nitrogens is 4. The summed E-state index contributed by atoms with van der Waals surface area (Å²) in [5.41, 5.74) is 7.20. The zero-order valence-corrected chi connectivity index (χ0v) is 22.3. The van der Waals surface area contributed by atoms with E-state index in [2.05, 4.69) is 20.3 Å². The van der Waals surface area contributed by atoms with Crippen molar-refractivity contribution < 1.29 is 24.5 Å². The zero-order chi connectivity index (χ0) is 27.4. The molecule has 38 heavy (non-hydrogen) atoms. The lowest BCUT2D eigenvalue weighted by Gasteiger charge is -2.26. The third kappa shape index (κ3) is 6.65. The van der Waals surface area contributed by atoms with Crippen molar-refractivity contribution in [3.8, 4) is 0 Å². The van der Waals surface area contributed by atoms with Crippen LogP contribution in [0.4, 0.5) is 5.82 Å². The van der Waals surface area contributed by atoms with Gasteiger partial charge in [-0.2, -0.15) is 0 Å². The summed E-state index contributed by atoms with van der Waals surface area (Å²) in [5.74, 6) is 0.0375. The summed E-state index contributed by atoms with van der Waals surface area (Å²) in [7, 11) is 0. The van der Waals surface area contributed by atoms with Gasteiger partial charge in [-0.25, -0.2) is 15.0 Å². The molecule has 11 heteroatoms. The highest BCUT2D eigenvalue weighted by Crippen LogP contribution is 2.35. The van der Waals surface area contributed by atoms with Crippen LogP contribution < -0.4 is 11.1 Å². The van der Waals surface area contributed by atoms with Gasteiger partial charge in [-0.3, -0.25) is 9.36 Å². The van der Waals surface area contributed by atoms with Crippen molar-refractivity contribution in [1.82, 2.24) is 24.8 Å². The predicted octanol–water partition coefficient (Wildman–Crippen LogP) is 2.33. The number of fused-ring (bicyclic) bond motifs is 1. The molecular weight excluding hydrogens is 488 g/mol. The number of aliphatic hydroxyl groups excluding tert-OH is 2. The van der Waals surface area contributed by atoms with Gasteiger partial charge in [0, 0.05) is 6.54 Å². The van der Waals surface area contributed by atoms with Crippen LogP contribution in [0.25, 0.3) is 11.2 Å². The van der Waals surface area contributed by atoms with Crippen molar-refractivity contribution in [2.75, 3.05) is 5.73 Å². The molecule has 4 rings (SSSR count). The van der Waals surface area contributed by atoms with Crippen LogP contribution in [0, 0.1) is 5.92 Å². The SMILES string of the molecule is C[C@@H](CC[C@H](NCc1ccccc1)C(=O)OC(C)(C)C)C[C@H]1O[C@@H](n2cnc3c(N)ncnc32)[C@H](O)[C@@H]1O. The Morgan fingerprint density at radius 2 is 1.89 bits per heavy atom. The molecule has 1 aliphatic rings. The predicted molar refractivity (Wildman–Crippen MR) is 142 cm³/mol. The van der Waals surface area contributed by atoms with Crippen LogP contribution in [-0.4, -0.2) is 65.7 Å². The molecule has 2 aromatic heterocycles. The van der Waals surface area contributed by atoms with E-state index in [1.165, 1.54) is 12.7 Å². The van der Waals surface area contributed by atoms with E-state index in [-0.39, 0.29) is 17.7 Å². The smallest absolute Gasteiger partial charge is 0.323 e. The Balaban J connectivity index is 1.37. The second kappa shape index (κ2) is 11.7. The van der Waals surface area contributed by atoms with Crippen molar-refractivity contribution in [3.63, 3.8) is 0 Å². The molecule has 0 bridgehead atoms. The Morgan fingerprint density at radius 1 is 1.16 bits per heavy atom. The van der Waals surface area contributed by atoms with Crippen LogP contribution in [-0.2, 0) is 20.8 Å². The number of carbonyl (C=O) groups excluding carboxylic acids is 1. The minimum atomic E-state index is -1.16. The minimum absolute atomic E-state index is 0.0987. The van der Waals surface area contributed by atoms with Gasteiger partial charge in [-0.15, -0.1) is 0 Å². The number of nitrogens with zero attached hydrogens (tertiary/aromatic N) is 4. The lowest BCUT2D eigenvalue weighted by molar-refractivity contribution is -0.157. The molecule has 0 unspecified atom stereocenters. The maximum Gasteiger partial charge on any atom is 0.323 e. The first kappa shape index (κ1) is 27.9. The Bertz CT molecular complexity index is 1210. The second-order valence-corrected chi connectivity index (χ2v) is 11.0. The number of esters is 1. The quantitative estimate of drug-likeness (QED) is 0.289. The van der Waals surface area contributed by atoms with E-state index in [4.69, 9.17) is 15.2 Å². The third-order valence-electron chi connectivity index (χ3n) is 6.67. The van der Waals surface area contributed by atoms with Crippen molar-refractivity contribution in [2.24, 2.45) is 5.92 Å². The molecule has 5 N–H and O–H groups in total. The lowest BCUT2D eigenvalue weighted by Crippen LogP contribution is -2.41. The topological polar surface area (TPSA) is 158 Å². The van der Waals surface area contributed by atoms with E-state index in [1.54, 1.807) is 4.57 Å². The van der Waals surface area contributed by atoms with Gasteiger partial charge in [0.2, 0.25) is 0 Å². The highest BCUT2D eigenvalue weighted by atomic mass is 16.6. The maximum absolute atomic E-state index is 12.9. The first-order valence-electron chi connectivity index (χ1n) is 13.0. The number of hydrogen-bond acceptors (Lipinski definition) is 10. The van der Waals surface area contributed by atoms with Crippen molar-refractivity contribution in [2.45, 2.75) is 89.7 Å². The zero-order valence-electron chi connectivity index (χ0n) is 22.3. The van der Waals surface area contributed by atoms with Crippen molar-refractivity contribution in [3.05, 3.63) is 48.5 Å². The molecule has 0 spiro atoms. The number of benzene rings is 1. The highest BCUT2D eigenvalue weighted by molar-refractivity contribution is 5.81. The number of hydrogen-bond donors (Lipinski definition) is 4. The summed E-state index contributed by atoms with van der Waals surface area (Å²) in [6, 6.07) is 9.41. The summed E-state index contributed by atoms with van der Waals surface area (Å²) in [6.07, 6.45) is 0.836. The lowest BCUT2D eigenvalue weighted by atomic mass is 9.93. The van der Waals surface area contributed by atoms with Gasteiger partial charge in [0.1, 0.15) is 35.7 Å². The van der Waals surface area contributed by atoms with Gasteiger partial charge < -0.3 is 30.7 Å². The van der Waals surface area contributed by atoms with Crippen LogP contribution >= 0.6 is 0 Å². The van der Waals surface area contributed by atoms with Gasteiger partial charge >= 0.3 is 5.97 Å². The average Bonchev–Trinajstić information content (AvgIpc) is 3.41. The van der Waals surface area contributed by atoms with Gasteiger partial charge in [-0.1, -0.05) is 37.3 Å². The van der Waals surface area contributed by atoms with Crippen LogP contribution in [0.1, 0.15) is 58.7 Å². The van der Waals surface area contributed by atoms with Gasteiger partial charge in [0.25, 0.3) is 0 Å². The van der Waals surface area contributed by atoms with Gasteiger partial charge in [0.15, 0.2) is 17.7 Å². The summed E-state index contributed by atoms with van der Waals surface area (Å²) in [6.45, 7) is 8.15. The fourth-order valence-corrected chi connectivity index (χ4v) is 4.69. The number of carbonyl (C=O) groups is 1. The first-order chi connectivity index (χ1) is 18.0. The van der Waals surface area contributed by atoms with E-state index >= 15 is 0 Å². The number of nitrogen functional groups attached to an aromatic ring is 1. The fraction of sp³-hybridized carbons (Fsp3) is 0.556. The normalized spacial score (nSPS) is 23.4. The van der Waals surface area contributed by atoms with E-state index in [1.807, 2.05) is 58.0 Å². The molecule has 3 heterocycles. The monoisotopic (exact) mass is 526 g/mol. The molecule has 1 aliphatic heterocycles. The molecule has 1 saturated heterocycles. The molecule has 3 aromatic rings. The van der Waals surface area contributed by atoms with Crippen LogP contribution in [0.2, 0.25) is 0 Å². The van der Waals surface area contributed by atoms with Crippen LogP contribution in [0.15, 0.2) is 43.0 Å². The van der Waals surface area contributed by atoms with Crippen LogP contribution in [0.3, 0.4) is 0 Å². The highest BCUT2D eigenvalue weighted by Gasteiger charge is 2.44. The standard InChI is InChI=1S/C27H38N6O5/c1-16(10-11-18(26(36)38-27(2,3)4)29-13-17-8-6-5-7-9-17)12-19-21(34)22(35)25(37-19)33-15-32-20-23(28)30-14-31-24(20)33/h5-9,14-16,18-19,21-22,25,29,34-35H,10-13H2,1-4H3,(H2,28,30,31)/t16-,18-,19+,21+,22+,25+/m0/s1. The number of ether oxygens (including phenoxy) is 2. The van der Waals surface area contributed by atoms with Crippen molar-refractivity contribution >= 4 is 23.0 Å². The molecule has 0 amide bonds. The summed E-state index contributed by atoms with van der Waals surface area (Å²) in [4.78, 5) is 25.3. The Morgan fingerprint density at radius 3 is 2.61 bits per heavy atom. The van der Waals surface area contributed by atoms with Crippen molar-refractivity contribution in [1.29, 1.82) is 0 Å². The largest absolute Gasteiger partial charge is 0.459 e. The van der Waals surface area contributed by atoms with E-state index < -0.39 is 36.2 Å². The molecule has 11 nitrogen and oxygen atoms in total. The van der Waals surface area contributed by atoms with Crippen LogP contribution in [0.5, 0.6) is 0 Å². The number of nitrogens with one attached hydrogen (secondary N) is 1. The first-order valence-corrected chi connectivity index (χ1v) is 13.0. The molecule has 0 radical (unpaired) electrons. The number of aliphatic hydroxyl groups is 2. The summed E-state index contributed by atoms with van der Waals surface area (Å²) < 4.78 is 13.3. The molecular formula is C27H38N6O5. The number of anilines is 1. The van der Waals surface area contributed by atoms with Gasteiger partial charge in [0.05, 0.1) is 12.4 Å². The second-order valence-electron chi connectivity index (χ2n) is 11.0. The molecule has 1 aromatic carbocycles. The Labute approximate surface area is 222 Å². The minimum Gasteiger partial charge on any atom is -0.459 e. The number of nitrogens with two attached hydrogens (primary N) is 1. The number of rotatable bonds is 10. The molecule has 6 atom stereocenters. The molecule has 1 fully saturated rings. The van der Waals surface area contributed by atoms with E-state index in [9.17, 15) is 15.0 Å². The molecule has 0 aliphatic carbocycles. The third-order valence-corrected chi connectivity index (χ3v) is 6.67. The number of imidazole rings is 1. The summed E-state index contributed by atoms with van der Waals surface area (Å²) >= 11 is 0. The Hall–Kier alpha value is -3.12. The van der Waals surface area contributed by atoms with E-state index in [0.717, 1.165) is 5.56 Å².